The third-order valence-electron chi connectivity index (χ3n) is 8.93. The number of methoxy groups -OCH3 is 1. The van der Waals surface area contributed by atoms with Crippen LogP contribution >= 0.6 is 0 Å². The largest absolute Gasteiger partial charge is 0.396 e. The fraction of sp³-hybridized carbons (Fsp3) is 1.00. The summed E-state index contributed by atoms with van der Waals surface area (Å²) in [7, 11) is 1.71. The van der Waals surface area contributed by atoms with Crippen LogP contribution < -0.4 is 0 Å². The summed E-state index contributed by atoms with van der Waals surface area (Å²) in [6.07, 6.45) is 11.0. The average molecular weight is 337 g/mol. The molecule has 4 saturated carbocycles. The van der Waals surface area contributed by atoms with Gasteiger partial charge in [-0.15, -0.1) is 0 Å². The molecule has 24 heavy (non-hydrogen) atoms. The topological polar surface area (TPSA) is 49.7 Å². The van der Waals surface area contributed by atoms with Crippen LogP contribution in [0.3, 0.4) is 0 Å². The predicted octanol–water partition coefficient (Wildman–Crippen LogP) is 3.63. The van der Waals surface area contributed by atoms with Crippen LogP contribution in [0.4, 0.5) is 0 Å². The first kappa shape index (κ1) is 17.3. The van der Waals surface area contributed by atoms with E-state index in [4.69, 9.17) is 4.74 Å². The Morgan fingerprint density at radius 2 is 1.75 bits per heavy atom. The van der Waals surface area contributed by atoms with E-state index in [9.17, 15) is 10.2 Å². The van der Waals surface area contributed by atoms with Gasteiger partial charge in [0, 0.05) is 13.7 Å². The number of hydrogen-bond donors (Lipinski definition) is 2. The molecule has 0 bridgehead atoms. The van der Waals surface area contributed by atoms with Crippen LogP contribution in [0.25, 0.3) is 0 Å². The fourth-order valence-electron chi connectivity index (χ4n) is 7.77. The number of rotatable bonds is 3. The highest BCUT2D eigenvalue weighted by atomic mass is 16.5. The van der Waals surface area contributed by atoms with Crippen molar-refractivity contribution in [1.82, 2.24) is 0 Å². The second kappa shape index (κ2) is 6.25. The van der Waals surface area contributed by atoms with Crippen molar-refractivity contribution in [3.8, 4) is 0 Å². The molecule has 8 atom stereocenters. The normalized spacial score (nSPS) is 54.0. The average Bonchev–Trinajstić information content (AvgIpc) is 2.90. The van der Waals surface area contributed by atoms with Crippen molar-refractivity contribution >= 4 is 0 Å². The van der Waals surface area contributed by atoms with Gasteiger partial charge in [0.25, 0.3) is 0 Å². The highest BCUT2D eigenvalue weighted by molar-refractivity contribution is 5.06. The molecule has 138 valence electrons. The van der Waals surface area contributed by atoms with E-state index in [1.165, 1.54) is 44.9 Å². The van der Waals surface area contributed by atoms with Crippen LogP contribution in [0.2, 0.25) is 0 Å². The van der Waals surface area contributed by atoms with Crippen LogP contribution in [-0.2, 0) is 4.74 Å². The third kappa shape index (κ3) is 2.57. The first-order valence-corrected chi connectivity index (χ1v) is 10.3. The Bertz CT molecular complexity index is 466. The summed E-state index contributed by atoms with van der Waals surface area (Å²) in [5, 5.41) is 20.6. The predicted molar refractivity (Wildman–Crippen MR) is 94.5 cm³/mol. The molecule has 0 unspecified atom stereocenters. The standard InChI is InChI=1S/C21H36O3/c1-20-9-7-17-16-8-10-21(23,13-24-2)11-14(16)3-5-18(17)19(20)6-4-15(20)12-22/h14-19,22-23H,3-13H2,1-2H3/t14-,15+,16-,17+,18+,19-,20+,21+/m0/s1. The zero-order chi connectivity index (χ0) is 16.9. The Kier molecular flexibility index (Phi) is 4.50. The van der Waals surface area contributed by atoms with Crippen molar-refractivity contribution in [3.63, 3.8) is 0 Å². The molecule has 0 spiro atoms. The molecule has 4 aliphatic rings. The number of aliphatic hydroxyl groups excluding tert-OH is 1. The van der Waals surface area contributed by atoms with Crippen molar-refractivity contribution < 1.29 is 14.9 Å². The molecule has 4 rings (SSSR count). The van der Waals surface area contributed by atoms with E-state index in [0.29, 0.717) is 30.5 Å². The Morgan fingerprint density at radius 3 is 2.50 bits per heavy atom. The summed E-state index contributed by atoms with van der Waals surface area (Å²) < 4.78 is 5.29. The zero-order valence-corrected chi connectivity index (χ0v) is 15.5. The van der Waals surface area contributed by atoms with E-state index in [0.717, 1.165) is 36.5 Å². The number of aliphatic hydroxyl groups is 2. The van der Waals surface area contributed by atoms with Gasteiger partial charge in [-0.3, -0.25) is 0 Å². The lowest BCUT2D eigenvalue weighted by atomic mass is 9.49. The second-order valence-corrected chi connectivity index (χ2v) is 9.84. The Morgan fingerprint density at radius 1 is 0.958 bits per heavy atom. The van der Waals surface area contributed by atoms with E-state index in [1.807, 2.05) is 0 Å². The van der Waals surface area contributed by atoms with Gasteiger partial charge in [0.15, 0.2) is 0 Å². The number of ether oxygens (including phenoxy) is 1. The van der Waals surface area contributed by atoms with Crippen molar-refractivity contribution in [1.29, 1.82) is 0 Å². The molecular formula is C21H36O3. The summed E-state index contributed by atoms with van der Waals surface area (Å²) in [6, 6.07) is 0. The van der Waals surface area contributed by atoms with E-state index in [1.54, 1.807) is 7.11 Å². The van der Waals surface area contributed by atoms with Crippen LogP contribution in [0.1, 0.15) is 64.7 Å². The summed E-state index contributed by atoms with van der Waals surface area (Å²) in [5.74, 6) is 4.69. The maximum absolute atomic E-state index is 10.8. The van der Waals surface area contributed by atoms with Gasteiger partial charge >= 0.3 is 0 Å². The van der Waals surface area contributed by atoms with Crippen LogP contribution in [0, 0.1) is 40.9 Å². The van der Waals surface area contributed by atoms with E-state index in [2.05, 4.69) is 6.92 Å². The Hall–Kier alpha value is -0.120. The minimum Gasteiger partial charge on any atom is -0.396 e. The summed E-state index contributed by atoms with van der Waals surface area (Å²) in [4.78, 5) is 0. The second-order valence-electron chi connectivity index (χ2n) is 9.84. The maximum Gasteiger partial charge on any atom is 0.0882 e. The first-order valence-electron chi connectivity index (χ1n) is 10.3. The molecule has 0 radical (unpaired) electrons. The maximum atomic E-state index is 10.8. The van der Waals surface area contributed by atoms with E-state index in [-0.39, 0.29) is 0 Å². The van der Waals surface area contributed by atoms with Gasteiger partial charge in [0.05, 0.1) is 12.2 Å². The minimum absolute atomic E-state index is 0.389. The quantitative estimate of drug-likeness (QED) is 0.827. The lowest BCUT2D eigenvalue weighted by Gasteiger charge is -2.57. The van der Waals surface area contributed by atoms with Gasteiger partial charge in [-0.2, -0.15) is 0 Å². The Balaban J connectivity index is 1.50. The lowest BCUT2D eigenvalue weighted by molar-refractivity contribution is -0.125. The molecule has 0 aliphatic heterocycles. The summed E-state index contributed by atoms with van der Waals surface area (Å²) in [5.41, 5.74) is -0.171. The third-order valence-corrected chi connectivity index (χ3v) is 8.93. The summed E-state index contributed by atoms with van der Waals surface area (Å²) in [6.45, 7) is 3.37. The molecule has 0 heterocycles. The van der Waals surface area contributed by atoms with Gasteiger partial charge in [-0.1, -0.05) is 6.92 Å². The molecule has 0 aromatic carbocycles. The van der Waals surface area contributed by atoms with Crippen LogP contribution in [0.5, 0.6) is 0 Å². The molecule has 4 aliphatic carbocycles. The molecule has 3 nitrogen and oxygen atoms in total. The smallest absolute Gasteiger partial charge is 0.0882 e. The van der Waals surface area contributed by atoms with Crippen molar-refractivity contribution in [2.75, 3.05) is 20.3 Å². The molecule has 3 heteroatoms. The highest BCUT2D eigenvalue weighted by Gasteiger charge is 2.57. The van der Waals surface area contributed by atoms with Crippen LogP contribution in [0.15, 0.2) is 0 Å². The summed E-state index contributed by atoms with van der Waals surface area (Å²) >= 11 is 0. The van der Waals surface area contributed by atoms with E-state index < -0.39 is 5.60 Å². The molecule has 0 saturated heterocycles. The first-order chi connectivity index (χ1) is 11.5. The van der Waals surface area contributed by atoms with E-state index >= 15 is 0 Å². The number of fused-ring (bicyclic) bond motifs is 5. The molecular weight excluding hydrogens is 300 g/mol. The van der Waals surface area contributed by atoms with Crippen molar-refractivity contribution in [2.24, 2.45) is 40.9 Å². The SMILES string of the molecule is COC[C@@]1(O)CC[C@H]2[C@@H](CC[C@@H]3[C@@H]2CC[C@]2(C)[C@@H](CO)CC[C@@H]32)C1. The molecule has 0 aromatic heterocycles. The van der Waals surface area contributed by atoms with Crippen LogP contribution in [-0.4, -0.2) is 36.1 Å². The molecule has 0 amide bonds. The van der Waals surface area contributed by atoms with Crippen molar-refractivity contribution in [2.45, 2.75) is 70.3 Å². The van der Waals surface area contributed by atoms with Gasteiger partial charge in [0.2, 0.25) is 0 Å². The monoisotopic (exact) mass is 336 g/mol. The minimum atomic E-state index is -0.568. The van der Waals surface area contributed by atoms with Crippen molar-refractivity contribution in [3.05, 3.63) is 0 Å². The molecule has 0 aromatic rings. The molecule has 4 fully saturated rings. The Labute approximate surface area is 147 Å². The lowest BCUT2D eigenvalue weighted by Crippen LogP contribution is -2.52. The van der Waals surface area contributed by atoms with Gasteiger partial charge in [0.1, 0.15) is 0 Å². The van der Waals surface area contributed by atoms with Gasteiger partial charge in [-0.25, -0.2) is 0 Å². The van der Waals surface area contributed by atoms with Gasteiger partial charge < -0.3 is 14.9 Å². The van der Waals surface area contributed by atoms with Gasteiger partial charge in [-0.05, 0) is 98.7 Å². The fourth-order valence-corrected chi connectivity index (χ4v) is 7.77. The highest BCUT2D eigenvalue weighted by Crippen LogP contribution is 2.64. The number of hydrogen-bond acceptors (Lipinski definition) is 3. The molecule has 2 N–H and O–H groups in total. The zero-order valence-electron chi connectivity index (χ0n) is 15.5.